The minimum absolute atomic E-state index is 0.0773. The summed E-state index contributed by atoms with van der Waals surface area (Å²) in [7, 11) is -4.15. The molecule has 45 heavy (non-hydrogen) atoms. The fourth-order valence-electron chi connectivity index (χ4n) is 5.00. The van der Waals surface area contributed by atoms with Crippen molar-refractivity contribution >= 4 is 43.5 Å². The average Bonchev–Trinajstić information content (AvgIpc) is 3.04. The van der Waals surface area contributed by atoms with Gasteiger partial charge >= 0.3 is 0 Å². The largest absolute Gasteiger partial charge is 0.352 e. The lowest BCUT2D eigenvalue weighted by Gasteiger charge is -2.34. The number of halogens is 1. The van der Waals surface area contributed by atoms with Crippen LogP contribution in [-0.4, -0.2) is 43.8 Å². The van der Waals surface area contributed by atoms with E-state index in [1.807, 2.05) is 94.4 Å². The summed E-state index contributed by atoms with van der Waals surface area (Å²) in [4.78, 5) is 30.1. The molecule has 0 unspecified atom stereocenters. The van der Waals surface area contributed by atoms with Crippen LogP contribution in [0.5, 0.6) is 0 Å². The van der Waals surface area contributed by atoms with Crippen LogP contribution in [0.25, 0.3) is 0 Å². The second-order valence-electron chi connectivity index (χ2n) is 11.3. The summed E-state index contributed by atoms with van der Waals surface area (Å²) in [5, 5.41) is 3.07. The lowest BCUT2D eigenvalue weighted by molar-refractivity contribution is -0.140. The number of carbonyl (C=O) groups is 2. The van der Waals surface area contributed by atoms with E-state index in [4.69, 9.17) is 0 Å². The molecule has 2 amide bonds. The lowest BCUT2D eigenvalue weighted by Crippen LogP contribution is -2.54. The molecular formula is C36H40BrN3O4S. The van der Waals surface area contributed by atoms with Crippen molar-refractivity contribution in [2.24, 2.45) is 0 Å². The molecule has 7 nitrogen and oxygen atoms in total. The Kier molecular flexibility index (Phi) is 11.6. The number of nitrogens with one attached hydrogen (secondary N) is 1. The van der Waals surface area contributed by atoms with Gasteiger partial charge in [-0.25, -0.2) is 8.42 Å². The van der Waals surface area contributed by atoms with E-state index in [-0.39, 0.29) is 29.8 Å². The van der Waals surface area contributed by atoms with Gasteiger partial charge < -0.3 is 10.2 Å². The number of aryl methyl sites for hydroxylation is 2. The summed E-state index contributed by atoms with van der Waals surface area (Å²) in [5.41, 5.74) is 3.68. The third kappa shape index (κ3) is 8.83. The summed E-state index contributed by atoms with van der Waals surface area (Å²) in [5.74, 6) is -0.776. The van der Waals surface area contributed by atoms with Crippen molar-refractivity contribution in [2.75, 3.05) is 10.8 Å². The predicted molar refractivity (Wildman–Crippen MR) is 183 cm³/mol. The Hall–Kier alpha value is -3.95. The van der Waals surface area contributed by atoms with Crippen molar-refractivity contribution in [3.05, 3.63) is 130 Å². The van der Waals surface area contributed by atoms with Crippen molar-refractivity contribution in [1.29, 1.82) is 0 Å². The molecule has 0 aliphatic rings. The van der Waals surface area contributed by atoms with Crippen LogP contribution in [0.2, 0.25) is 0 Å². The van der Waals surface area contributed by atoms with Crippen LogP contribution in [0, 0.1) is 13.8 Å². The van der Waals surface area contributed by atoms with Gasteiger partial charge in [-0.2, -0.15) is 0 Å². The number of amides is 2. The van der Waals surface area contributed by atoms with Gasteiger partial charge in [0.2, 0.25) is 11.8 Å². The maximum Gasteiger partial charge on any atom is 0.264 e. The van der Waals surface area contributed by atoms with Gasteiger partial charge in [0.1, 0.15) is 12.6 Å². The van der Waals surface area contributed by atoms with Crippen LogP contribution >= 0.6 is 15.9 Å². The van der Waals surface area contributed by atoms with Gasteiger partial charge in [0.15, 0.2) is 0 Å². The van der Waals surface area contributed by atoms with E-state index >= 15 is 0 Å². The van der Waals surface area contributed by atoms with Crippen LogP contribution < -0.4 is 9.62 Å². The fraction of sp³-hybridized carbons (Fsp3) is 0.278. The normalized spacial score (nSPS) is 12.6. The van der Waals surface area contributed by atoms with E-state index in [2.05, 4.69) is 21.2 Å². The van der Waals surface area contributed by atoms with Crippen LogP contribution in [0.4, 0.5) is 5.69 Å². The zero-order valence-electron chi connectivity index (χ0n) is 26.1. The second kappa shape index (κ2) is 15.4. The van der Waals surface area contributed by atoms with Gasteiger partial charge in [0.25, 0.3) is 10.0 Å². The molecule has 0 fully saturated rings. The molecule has 0 saturated carbocycles. The van der Waals surface area contributed by atoms with E-state index < -0.39 is 28.5 Å². The molecule has 9 heteroatoms. The van der Waals surface area contributed by atoms with E-state index in [9.17, 15) is 18.0 Å². The number of carbonyl (C=O) groups excluding carboxylic acids is 2. The first-order valence-corrected chi connectivity index (χ1v) is 17.3. The monoisotopic (exact) mass is 689 g/mol. The number of hydrogen-bond acceptors (Lipinski definition) is 4. The van der Waals surface area contributed by atoms with Gasteiger partial charge in [-0.3, -0.25) is 13.9 Å². The molecule has 0 aliphatic heterocycles. The summed E-state index contributed by atoms with van der Waals surface area (Å²) >= 11 is 3.47. The molecule has 0 saturated heterocycles. The zero-order chi connectivity index (χ0) is 32.6. The van der Waals surface area contributed by atoms with Gasteiger partial charge in [0.05, 0.1) is 10.6 Å². The third-order valence-electron chi connectivity index (χ3n) is 7.78. The molecule has 4 aromatic rings. The third-order valence-corrected chi connectivity index (χ3v) is 10.1. The first-order valence-electron chi connectivity index (χ1n) is 15.0. The van der Waals surface area contributed by atoms with Gasteiger partial charge in [-0.15, -0.1) is 0 Å². The molecule has 0 bridgehead atoms. The van der Waals surface area contributed by atoms with Crippen LogP contribution in [0.1, 0.15) is 42.5 Å². The summed E-state index contributed by atoms with van der Waals surface area (Å²) < 4.78 is 30.5. The van der Waals surface area contributed by atoms with Crippen molar-refractivity contribution < 1.29 is 18.0 Å². The topological polar surface area (TPSA) is 86.8 Å². The molecule has 4 aromatic carbocycles. The Balaban J connectivity index is 1.83. The number of sulfonamides is 1. The highest BCUT2D eigenvalue weighted by Gasteiger charge is 2.35. The SMILES string of the molecule is CC[C@@H](C)NC(=O)[C@@H](Cc1ccccc1)N(Cc1ccc(Br)cc1)C(=O)CN(c1cc(C)ccc1C)S(=O)(=O)c1ccccc1. The Bertz CT molecular complexity index is 1700. The van der Waals surface area contributed by atoms with Gasteiger partial charge in [0, 0.05) is 23.5 Å². The average molecular weight is 691 g/mol. The summed E-state index contributed by atoms with van der Waals surface area (Å²) in [6.07, 6.45) is 0.987. The number of rotatable bonds is 13. The number of nitrogens with zero attached hydrogens (tertiary/aromatic N) is 2. The van der Waals surface area contributed by atoms with Crippen LogP contribution in [0.15, 0.2) is 112 Å². The molecular weight excluding hydrogens is 650 g/mol. The van der Waals surface area contributed by atoms with E-state index in [1.165, 1.54) is 21.3 Å². The van der Waals surface area contributed by atoms with E-state index in [0.717, 1.165) is 27.6 Å². The highest BCUT2D eigenvalue weighted by atomic mass is 79.9. The van der Waals surface area contributed by atoms with Gasteiger partial charge in [-0.1, -0.05) is 95.7 Å². The molecule has 1 N–H and O–H groups in total. The predicted octanol–water partition coefficient (Wildman–Crippen LogP) is 6.82. The van der Waals surface area contributed by atoms with Crippen molar-refractivity contribution in [2.45, 2.75) is 64.1 Å². The van der Waals surface area contributed by atoms with Crippen molar-refractivity contribution in [1.82, 2.24) is 10.2 Å². The first-order chi connectivity index (χ1) is 21.5. The molecule has 2 atom stereocenters. The Morgan fingerprint density at radius 3 is 2.09 bits per heavy atom. The highest BCUT2D eigenvalue weighted by Crippen LogP contribution is 2.29. The minimum atomic E-state index is -4.15. The molecule has 0 spiro atoms. The highest BCUT2D eigenvalue weighted by molar-refractivity contribution is 9.10. The molecule has 236 valence electrons. The maximum absolute atomic E-state index is 14.6. The standard InChI is InChI=1S/C36H40BrN3O4S/c1-5-28(4)38-36(42)34(23-29-12-8-6-9-13-29)39(24-30-18-20-31(37)21-19-30)35(41)25-40(33-22-26(2)16-17-27(33)3)45(43,44)32-14-10-7-11-15-32/h6-22,28,34H,5,23-25H2,1-4H3,(H,38,42)/t28-,34-/m1/s1. The second-order valence-corrected chi connectivity index (χ2v) is 14.1. The van der Waals surface area contributed by atoms with Crippen molar-refractivity contribution in [3.8, 4) is 0 Å². The zero-order valence-corrected chi connectivity index (χ0v) is 28.5. The Morgan fingerprint density at radius 2 is 1.47 bits per heavy atom. The number of anilines is 1. The van der Waals surface area contributed by atoms with E-state index in [1.54, 1.807) is 24.3 Å². The first kappa shape index (κ1) is 33.9. The summed E-state index contributed by atoms with van der Waals surface area (Å²) in [6, 6.07) is 29.7. The number of hydrogen-bond donors (Lipinski definition) is 1. The van der Waals surface area contributed by atoms with E-state index in [0.29, 0.717) is 11.3 Å². The number of benzene rings is 4. The van der Waals surface area contributed by atoms with Crippen molar-refractivity contribution in [3.63, 3.8) is 0 Å². The molecule has 0 aromatic heterocycles. The molecule has 4 rings (SSSR count). The van der Waals surface area contributed by atoms with Gasteiger partial charge in [-0.05, 0) is 79.8 Å². The maximum atomic E-state index is 14.6. The Labute approximate surface area is 275 Å². The molecule has 0 heterocycles. The summed E-state index contributed by atoms with van der Waals surface area (Å²) in [6.45, 7) is 7.24. The fourth-order valence-corrected chi connectivity index (χ4v) is 6.76. The lowest BCUT2D eigenvalue weighted by atomic mass is 10.0. The molecule has 0 radical (unpaired) electrons. The minimum Gasteiger partial charge on any atom is -0.352 e. The van der Waals surface area contributed by atoms with Crippen LogP contribution in [-0.2, 0) is 32.6 Å². The quantitative estimate of drug-likeness (QED) is 0.167. The smallest absolute Gasteiger partial charge is 0.264 e. The molecule has 0 aliphatic carbocycles. The Morgan fingerprint density at radius 1 is 0.844 bits per heavy atom. The van der Waals surface area contributed by atoms with Crippen LogP contribution in [0.3, 0.4) is 0 Å².